The molecule has 8 aromatic rings. The molecule has 1 aliphatic rings. The van der Waals surface area contributed by atoms with Crippen LogP contribution in [0, 0.1) is 0 Å². The summed E-state index contributed by atoms with van der Waals surface area (Å²) in [6.07, 6.45) is 9.97. The molecule has 218 valence electrons. The molecule has 2 nitrogen and oxygen atoms in total. The zero-order valence-corrected chi connectivity index (χ0v) is 26.0. The topological polar surface area (TPSA) is 17.8 Å². The lowest BCUT2D eigenvalue weighted by Crippen LogP contribution is -1.97. The number of hydrogen-bond acceptors (Lipinski definition) is 2. The Morgan fingerprint density at radius 2 is 1.37 bits per heavy atom. The van der Waals surface area contributed by atoms with Crippen molar-refractivity contribution in [3.63, 3.8) is 0 Å². The molecule has 9 rings (SSSR count). The van der Waals surface area contributed by atoms with Gasteiger partial charge in [0.25, 0.3) is 0 Å². The Morgan fingerprint density at radius 3 is 2.17 bits per heavy atom. The number of nitrogens with zero attached hydrogens (tertiary/aromatic N) is 2. The number of aromatic nitrogens is 2. The van der Waals surface area contributed by atoms with Gasteiger partial charge in [0.15, 0.2) is 0 Å². The van der Waals surface area contributed by atoms with E-state index in [0.29, 0.717) is 5.92 Å². The van der Waals surface area contributed by atoms with Crippen LogP contribution in [0.3, 0.4) is 0 Å². The minimum atomic E-state index is 0.425. The van der Waals surface area contributed by atoms with Crippen LogP contribution in [0.1, 0.15) is 17.9 Å². The molecular weight excluding hydrogens is 577 g/mol. The number of imidazole rings is 1. The number of hydrogen-bond donors (Lipinski definition) is 0. The fourth-order valence-corrected chi connectivity index (χ4v) is 8.02. The quantitative estimate of drug-likeness (QED) is 0.191. The van der Waals surface area contributed by atoms with Gasteiger partial charge in [0.2, 0.25) is 0 Å². The number of benzene rings is 6. The molecule has 0 saturated heterocycles. The van der Waals surface area contributed by atoms with Gasteiger partial charge in [-0.25, -0.2) is 4.98 Å². The Labute approximate surface area is 272 Å². The molecule has 46 heavy (non-hydrogen) atoms. The number of thiophene rings is 1. The maximum absolute atomic E-state index is 5.10. The van der Waals surface area contributed by atoms with E-state index in [0.717, 1.165) is 34.5 Å². The number of fused-ring (bicyclic) bond motifs is 4. The van der Waals surface area contributed by atoms with Crippen molar-refractivity contribution in [2.24, 2.45) is 0 Å². The maximum Gasteiger partial charge on any atom is 0.145 e. The molecule has 0 N–H and O–H groups in total. The summed E-state index contributed by atoms with van der Waals surface area (Å²) < 4.78 is 4.92. The molecule has 0 amide bonds. The molecule has 0 radical (unpaired) electrons. The van der Waals surface area contributed by atoms with Gasteiger partial charge in [0.1, 0.15) is 5.82 Å². The standard InChI is InChI=1S/C43H30N2S/c1-4-12-29(13-5-1)33-24-25-41-37(26-33)38-28-34(30-14-6-2-7-15-30)27-36(42(38)46-41)31-20-22-32(23-21-31)43-44-39-18-10-11-19-40(39)45(43)35-16-8-3-9-17-35/h1-12,14-29H,13H2. The third kappa shape index (κ3) is 4.60. The highest BCUT2D eigenvalue weighted by atomic mass is 32.1. The Kier molecular flexibility index (Phi) is 6.50. The van der Waals surface area contributed by atoms with Crippen LogP contribution in [0.4, 0.5) is 0 Å². The summed E-state index contributed by atoms with van der Waals surface area (Å²) in [6.45, 7) is 0. The minimum Gasteiger partial charge on any atom is -0.292 e. The predicted octanol–water partition coefficient (Wildman–Crippen LogP) is 12.0. The van der Waals surface area contributed by atoms with Crippen LogP contribution in [-0.2, 0) is 0 Å². The van der Waals surface area contributed by atoms with E-state index in [1.165, 1.54) is 48.0 Å². The molecular formula is C43H30N2S. The molecule has 1 aliphatic carbocycles. The second kappa shape index (κ2) is 11.1. The summed E-state index contributed by atoms with van der Waals surface area (Å²) in [5, 5.41) is 2.66. The summed E-state index contributed by atoms with van der Waals surface area (Å²) in [5.74, 6) is 1.37. The van der Waals surface area contributed by atoms with Crippen LogP contribution in [-0.4, -0.2) is 9.55 Å². The highest BCUT2D eigenvalue weighted by Gasteiger charge is 2.18. The largest absolute Gasteiger partial charge is 0.292 e. The average molecular weight is 607 g/mol. The van der Waals surface area contributed by atoms with Gasteiger partial charge in [-0.15, -0.1) is 11.3 Å². The van der Waals surface area contributed by atoms with Gasteiger partial charge >= 0.3 is 0 Å². The number of para-hydroxylation sites is 3. The first-order valence-corrected chi connectivity index (χ1v) is 16.6. The number of rotatable bonds is 5. The van der Waals surface area contributed by atoms with E-state index in [4.69, 9.17) is 4.98 Å². The highest BCUT2D eigenvalue weighted by Crippen LogP contribution is 2.44. The second-order valence-electron chi connectivity index (χ2n) is 12.0. The average Bonchev–Trinajstić information content (AvgIpc) is 3.71. The third-order valence-electron chi connectivity index (χ3n) is 9.14. The number of allylic oxidation sites excluding steroid dienone is 4. The molecule has 6 aromatic carbocycles. The van der Waals surface area contributed by atoms with E-state index in [1.807, 2.05) is 11.3 Å². The fourth-order valence-electron chi connectivity index (χ4n) is 6.82. The molecule has 3 heteroatoms. The van der Waals surface area contributed by atoms with Crippen molar-refractivity contribution in [2.75, 3.05) is 0 Å². The molecule has 2 aromatic heterocycles. The smallest absolute Gasteiger partial charge is 0.145 e. The first kappa shape index (κ1) is 26.9. The van der Waals surface area contributed by atoms with Gasteiger partial charge in [0.05, 0.1) is 11.0 Å². The molecule has 0 bridgehead atoms. The predicted molar refractivity (Wildman–Crippen MR) is 196 cm³/mol. The molecule has 1 atom stereocenters. The van der Waals surface area contributed by atoms with E-state index < -0.39 is 0 Å². The van der Waals surface area contributed by atoms with Crippen molar-refractivity contribution in [3.8, 4) is 39.3 Å². The van der Waals surface area contributed by atoms with Crippen LogP contribution in [0.25, 0.3) is 70.5 Å². The van der Waals surface area contributed by atoms with E-state index in [-0.39, 0.29) is 0 Å². The Bertz CT molecular complexity index is 2430. The van der Waals surface area contributed by atoms with Gasteiger partial charge < -0.3 is 0 Å². The van der Waals surface area contributed by atoms with Crippen molar-refractivity contribution in [1.82, 2.24) is 9.55 Å². The van der Waals surface area contributed by atoms with Gasteiger partial charge in [0, 0.05) is 42.9 Å². The van der Waals surface area contributed by atoms with Crippen LogP contribution < -0.4 is 0 Å². The Morgan fingerprint density at radius 1 is 0.609 bits per heavy atom. The van der Waals surface area contributed by atoms with Crippen LogP contribution in [0.15, 0.2) is 164 Å². The van der Waals surface area contributed by atoms with Crippen LogP contribution in [0.5, 0.6) is 0 Å². The lowest BCUT2D eigenvalue weighted by atomic mass is 9.91. The summed E-state index contributed by atoms with van der Waals surface area (Å²) in [4.78, 5) is 5.10. The highest BCUT2D eigenvalue weighted by molar-refractivity contribution is 7.26. The molecule has 2 heterocycles. The minimum absolute atomic E-state index is 0.425. The fraction of sp³-hybridized carbons (Fsp3) is 0.0465. The monoisotopic (exact) mass is 606 g/mol. The van der Waals surface area contributed by atoms with Crippen molar-refractivity contribution in [1.29, 1.82) is 0 Å². The molecule has 0 spiro atoms. The molecule has 1 unspecified atom stereocenters. The second-order valence-corrected chi connectivity index (χ2v) is 13.0. The van der Waals surface area contributed by atoms with Crippen molar-refractivity contribution < 1.29 is 0 Å². The van der Waals surface area contributed by atoms with E-state index in [9.17, 15) is 0 Å². The van der Waals surface area contributed by atoms with Crippen molar-refractivity contribution in [3.05, 3.63) is 169 Å². The van der Waals surface area contributed by atoms with Gasteiger partial charge in [-0.2, -0.15) is 0 Å². The summed E-state index contributed by atoms with van der Waals surface area (Å²) in [7, 11) is 0. The van der Waals surface area contributed by atoms with Crippen molar-refractivity contribution in [2.45, 2.75) is 12.3 Å². The molecule has 0 fully saturated rings. The van der Waals surface area contributed by atoms with E-state index in [1.54, 1.807) is 0 Å². The van der Waals surface area contributed by atoms with Crippen LogP contribution >= 0.6 is 11.3 Å². The third-order valence-corrected chi connectivity index (χ3v) is 10.4. The Hall–Kier alpha value is -5.51. The van der Waals surface area contributed by atoms with Gasteiger partial charge in [-0.3, -0.25) is 4.57 Å². The summed E-state index contributed by atoms with van der Waals surface area (Å²) in [6, 6.07) is 50.5. The van der Waals surface area contributed by atoms with Gasteiger partial charge in [-0.1, -0.05) is 115 Å². The zero-order chi connectivity index (χ0) is 30.5. The molecule has 0 saturated carbocycles. The lowest BCUT2D eigenvalue weighted by molar-refractivity contribution is 0.856. The molecule has 0 aliphatic heterocycles. The lowest BCUT2D eigenvalue weighted by Gasteiger charge is -2.13. The first-order chi connectivity index (χ1) is 22.8. The Balaban J connectivity index is 1.21. The maximum atomic E-state index is 5.10. The SMILES string of the molecule is C1=CCC(c2ccc3sc4c(-c5ccc(-c6nc7ccccc7n6-c6ccccc6)cc5)cc(-c5ccccc5)cc4c3c2)C=C1. The zero-order valence-electron chi connectivity index (χ0n) is 25.2. The van der Waals surface area contributed by atoms with E-state index in [2.05, 4.69) is 168 Å². The first-order valence-electron chi connectivity index (χ1n) is 15.8. The normalized spacial score (nSPS) is 14.5. The van der Waals surface area contributed by atoms with E-state index >= 15 is 0 Å². The summed E-state index contributed by atoms with van der Waals surface area (Å²) >= 11 is 1.90. The van der Waals surface area contributed by atoms with Gasteiger partial charge in [-0.05, 0) is 77.2 Å². The van der Waals surface area contributed by atoms with Crippen LogP contribution in [0.2, 0.25) is 0 Å². The van der Waals surface area contributed by atoms with Crippen molar-refractivity contribution >= 4 is 42.5 Å². The summed E-state index contributed by atoms with van der Waals surface area (Å²) in [5.41, 5.74) is 10.6.